The molecule has 0 saturated carbocycles. The molecule has 0 saturated heterocycles. The highest BCUT2D eigenvalue weighted by atomic mass is 16.4. The van der Waals surface area contributed by atoms with E-state index >= 15 is 0 Å². The van der Waals surface area contributed by atoms with Gasteiger partial charge < -0.3 is 4.42 Å². The van der Waals surface area contributed by atoms with E-state index in [0.29, 0.717) is 5.89 Å². The third-order valence-corrected chi connectivity index (χ3v) is 2.44. The van der Waals surface area contributed by atoms with Crippen molar-refractivity contribution in [3.05, 3.63) is 48.4 Å². The van der Waals surface area contributed by atoms with Gasteiger partial charge in [0.2, 0.25) is 5.89 Å². The number of benzene rings is 1. The average molecular weight is 210 g/mol. The Hall–Kier alpha value is -2.16. The van der Waals surface area contributed by atoms with Gasteiger partial charge in [0.1, 0.15) is 11.5 Å². The van der Waals surface area contributed by atoms with Crippen molar-refractivity contribution in [3.63, 3.8) is 0 Å². The van der Waals surface area contributed by atoms with Gasteiger partial charge in [0.15, 0.2) is 0 Å². The van der Waals surface area contributed by atoms with Gasteiger partial charge in [-0.25, -0.2) is 9.97 Å². The molecule has 3 heteroatoms. The first-order valence-corrected chi connectivity index (χ1v) is 5.11. The fourth-order valence-corrected chi connectivity index (χ4v) is 1.66. The Morgan fingerprint density at radius 2 is 1.94 bits per heavy atom. The van der Waals surface area contributed by atoms with Gasteiger partial charge in [0.25, 0.3) is 0 Å². The second-order valence-electron chi connectivity index (χ2n) is 3.67. The lowest BCUT2D eigenvalue weighted by molar-refractivity contribution is 0.540. The first-order chi connectivity index (χ1) is 7.83. The minimum atomic E-state index is 0.572. The molecule has 0 spiro atoms. The van der Waals surface area contributed by atoms with Crippen LogP contribution in [0.3, 0.4) is 0 Å². The molecule has 3 nitrogen and oxygen atoms in total. The van der Waals surface area contributed by atoms with Crippen molar-refractivity contribution in [2.24, 2.45) is 0 Å². The Morgan fingerprint density at radius 1 is 1.06 bits per heavy atom. The lowest BCUT2D eigenvalue weighted by Crippen LogP contribution is -1.84. The highest BCUT2D eigenvalue weighted by molar-refractivity contribution is 5.80. The SMILES string of the molecule is Cc1cnc(-c2ccc3ccccc3n2)o1. The summed E-state index contributed by atoms with van der Waals surface area (Å²) in [6, 6.07) is 11.9. The summed E-state index contributed by atoms with van der Waals surface area (Å²) < 4.78 is 5.44. The van der Waals surface area contributed by atoms with Crippen LogP contribution < -0.4 is 0 Å². The van der Waals surface area contributed by atoms with E-state index in [-0.39, 0.29) is 0 Å². The Labute approximate surface area is 92.8 Å². The molecule has 0 atom stereocenters. The number of fused-ring (bicyclic) bond motifs is 1. The second kappa shape index (κ2) is 3.45. The van der Waals surface area contributed by atoms with E-state index in [1.165, 1.54) is 0 Å². The highest BCUT2D eigenvalue weighted by Gasteiger charge is 2.06. The van der Waals surface area contributed by atoms with E-state index in [1.807, 2.05) is 43.3 Å². The standard InChI is InChI=1S/C13H10N2O/c1-9-8-14-13(16-9)12-7-6-10-4-2-3-5-11(10)15-12/h2-8H,1H3. The van der Waals surface area contributed by atoms with E-state index in [2.05, 4.69) is 9.97 Å². The third kappa shape index (κ3) is 1.46. The molecular formula is C13H10N2O. The van der Waals surface area contributed by atoms with Crippen LogP contribution in [0.4, 0.5) is 0 Å². The normalized spacial score (nSPS) is 10.8. The second-order valence-corrected chi connectivity index (χ2v) is 3.67. The molecule has 1 aromatic carbocycles. The molecule has 0 unspecified atom stereocenters. The molecule has 0 amide bonds. The number of oxazole rings is 1. The zero-order chi connectivity index (χ0) is 11.0. The van der Waals surface area contributed by atoms with Crippen molar-refractivity contribution in [2.75, 3.05) is 0 Å². The maximum absolute atomic E-state index is 5.44. The topological polar surface area (TPSA) is 38.9 Å². The number of nitrogens with zero attached hydrogens (tertiary/aromatic N) is 2. The number of rotatable bonds is 1. The Kier molecular flexibility index (Phi) is 1.96. The van der Waals surface area contributed by atoms with Crippen molar-refractivity contribution in [2.45, 2.75) is 6.92 Å². The smallest absolute Gasteiger partial charge is 0.245 e. The third-order valence-electron chi connectivity index (χ3n) is 2.44. The Balaban J connectivity index is 2.18. The fraction of sp³-hybridized carbons (Fsp3) is 0.0769. The van der Waals surface area contributed by atoms with E-state index in [0.717, 1.165) is 22.4 Å². The molecule has 0 bridgehead atoms. The molecule has 0 aliphatic heterocycles. The number of para-hydroxylation sites is 1. The maximum Gasteiger partial charge on any atom is 0.245 e. The van der Waals surface area contributed by atoms with Crippen molar-refractivity contribution in [1.29, 1.82) is 0 Å². The molecule has 16 heavy (non-hydrogen) atoms. The Bertz CT molecular complexity index is 643. The number of aromatic nitrogens is 2. The lowest BCUT2D eigenvalue weighted by Gasteiger charge is -1.98. The van der Waals surface area contributed by atoms with Crippen LogP contribution in [0, 0.1) is 6.92 Å². The largest absolute Gasteiger partial charge is 0.440 e. The summed E-state index contributed by atoms with van der Waals surface area (Å²) in [5, 5.41) is 1.12. The van der Waals surface area contributed by atoms with Crippen LogP contribution in [-0.4, -0.2) is 9.97 Å². The van der Waals surface area contributed by atoms with Crippen LogP contribution >= 0.6 is 0 Å². The molecule has 3 rings (SSSR count). The number of hydrogen-bond donors (Lipinski definition) is 0. The molecule has 2 aromatic heterocycles. The zero-order valence-electron chi connectivity index (χ0n) is 8.84. The summed E-state index contributed by atoms with van der Waals surface area (Å²) >= 11 is 0. The molecule has 3 aromatic rings. The fourth-order valence-electron chi connectivity index (χ4n) is 1.66. The van der Waals surface area contributed by atoms with Crippen LogP contribution in [0.5, 0.6) is 0 Å². The summed E-state index contributed by atoms with van der Waals surface area (Å²) in [7, 11) is 0. The first kappa shape index (κ1) is 9.09. The van der Waals surface area contributed by atoms with Crippen LogP contribution in [-0.2, 0) is 0 Å². The number of pyridine rings is 1. The van der Waals surface area contributed by atoms with Gasteiger partial charge in [0, 0.05) is 5.39 Å². The van der Waals surface area contributed by atoms with Gasteiger partial charge in [0.05, 0.1) is 11.7 Å². The predicted octanol–water partition coefficient (Wildman–Crippen LogP) is 3.20. The van der Waals surface area contributed by atoms with Crippen LogP contribution in [0.15, 0.2) is 47.0 Å². The summed E-state index contributed by atoms with van der Waals surface area (Å²) in [6.45, 7) is 1.87. The molecule has 0 radical (unpaired) electrons. The number of aryl methyl sites for hydroxylation is 1. The number of hydrogen-bond acceptors (Lipinski definition) is 3. The van der Waals surface area contributed by atoms with Gasteiger partial charge in [-0.1, -0.05) is 24.3 Å². The predicted molar refractivity (Wildman–Crippen MR) is 62.0 cm³/mol. The lowest BCUT2D eigenvalue weighted by atomic mass is 10.2. The summed E-state index contributed by atoms with van der Waals surface area (Å²) in [5.74, 6) is 1.37. The minimum Gasteiger partial charge on any atom is -0.440 e. The van der Waals surface area contributed by atoms with E-state index < -0.39 is 0 Å². The Morgan fingerprint density at radius 3 is 2.75 bits per heavy atom. The van der Waals surface area contributed by atoms with Crippen molar-refractivity contribution < 1.29 is 4.42 Å². The van der Waals surface area contributed by atoms with Gasteiger partial charge in [-0.15, -0.1) is 0 Å². The van der Waals surface area contributed by atoms with Gasteiger partial charge >= 0.3 is 0 Å². The summed E-state index contributed by atoms with van der Waals surface area (Å²) in [6.07, 6.45) is 1.70. The molecule has 0 N–H and O–H groups in total. The van der Waals surface area contributed by atoms with Crippen molar-refractivity contribution in [1.82, 2.24) is 9.97 Å². The van der Waals surface area contributed by atoms with E-state index in [4.69, 9.17) is 4.42 Å². The van der Waals surface area contributed by atoms with Crippen LogP contribution in [0.25, 0.3) is 22.5 Å². The molecule has 78 valence electrons. The summed E-state index contributed by atoms with van der Waals surface area (Å²) in [4.78, 5) is 8.67. The van der Waals surface area contributed by atoms with Crippen molar-refractivity contribution >= 4 is 10.9 Å². The van der Waals surface area contributed by atoms with Crippen LogP contribution in [0.1, 0.15) is 5.76 Å². The van der Waals surface area contributed by atoms with Gasteiger partial charge in [-0.3, -0.25) is 0 Å². The quantitative estimate of drug-likeness (QED) is 0.619. The average Bonchev–Trinajstić information content (AvgIpc) is 2.75. The molecule has 0 fully saturated rings. The molecular weight excluding hydrogens is 200 g/mol. The maximum atomic E-state index is 5.44. The van der Waals surface area contributed by atoms with E-state index in [9.17, 15) is 0 Å². The van der Waals surface area contributed by atoms with E-state index in [1.54, 1.807) is 6.20 Å². The monoisotopic (exact) mass is 210 g/mol. The van der Waals surface area contributed by atoms with Crippen LogP contribution in [0.2, 0.25) is 0 Å². The molecule has 0 aliphatic carbocycles. The van der Waals surface area contributed by atoms with Gasteiger partial charge in [-0.05, 0) is 19.1 Å². The van der Waals surface area contributed by atoms with Gasteiger partial charge in [-0.2, -0.15) is 0 Å². The minimum absolute atomic E-state index is 0.572. The molecule has 0 aliphatic rings. The zero-order valence-corrected chi connectivity index (χ0v) is 8.84. The molecule has 2 heterocycles. The highest BCUT2D eigenvalue weighted by Crippen LogP contribution is 2.20. The summed E-state index contributed by atoms with van der Waals surface area (Å²) in [5.41, 5.74) is 1.72. The first-order valence-electron chi connectivity index (χ1n) is 5.11. The van der Waals surface area contributed by atoms with Crippen molar-refractivity contribution in [3.8, 4) is 11.6 Å².